The number of hydrogen-bond donors (Lipinski definition) is 0. The molecule has 5 unspecified atom stereocenters. The van der Waals surface area contributed by atoms with Crippen molar-refractivity contribution in [2.75, 3.05) is 6.61 Å². The molecule has 0 aromatic rings. The van der Waals surface area contributed by atoms with Crippen LogP contribution in [0.25, 0.3) is 0 Å². The molecule has 0 amide bonds. The Morgan fingerprint density at radius 3 is 2.19 bits per heavy atom. The lowest BCUT2D eigenvalue weighted by Crippen LogP contribution is -2.46. The zero-order valence-electron chi connectivity index (χ0n) is 16.0. The van der Waals surface area contributed by atoms with Crippen molar-refractivity contribution in [2.24, 2.45) is 0 Å². The van der Waals surface area contributed by atoms with E-state index >= 15 is 0 Å². The quantitative estimate of drug-likeness (QED) is 0.680. The highest BCUT2D eigenvalue weighted by Gasteiger charge is 2.62. The van der Waals surface area contributed by atoms with E-state index in [0.29, 0.717) is 6.61 Å². The zero-order valence-corrected chi connectivity index (χ0v) is 16.0. The molecule has 0 radical (unpaired) electrons. The summed E-state index contributed by atoms with van der Waals surface area (Å²) < 4.78 is 36.8. The molecule has 0 aromatic heterocycles. The Kier molecular flexibility index (Phi) is 4.71. The first kappa shape index (κ1) is 18.3. The van der Waals surface area contributed by atoms with E-state index in [1.165, 1.54) is 19.8 Å². The zero-order chi connectivity index (χ0) is 18.5. The van der Waals surface area contributed by atoms with Gasteiger partial charge in [0.05, 0.1) is 6.61 Å². The molecule has 7 nitrogen and oxygen atoms in total. The highest BCUT2D eigenvalue weighted by molar-refractivity contribution is 5.66. The van der Waals surface area contributed by atoms with Crippen molar-refractivity contribution in [3.8, 4) is 0 Å². The molecule has 3 saturated heterocycles. The number of esters is 1. The van der Waals surface area contributed by atoms with Gasteiger partial charge in [0.15, 0.2) is 30.1 Å². The molecule has 3 aliphatic heterocycles. The number of rotatable bonds is 2. The standard InChI is InChI=1S/C20H30O7/c1-13(21)23-16-15(14-12-22-19(25-14)8-4-2-5-9-19)24-18-17(16)26-20(27-18)10-6-3-7-11-20/h14-18H,2-12H2,1H3. The molecule has 2 spiro atoms. The Labute approximate surface area is 159 Å². The van der Waals surface area contributed by atoms with E-state index < -0.39 is 36.2 Å². The van der Waals surface area contributed by atoms with Crippen LogP contribution in [0.15, 0.2) is 0 Å². The number of hydrogen-bond acceptors (Lipinski definition) is 7. The molecule has 5 atom stereocenters. The van der Waals surface area contributed by atoms with Gasteiger partial charge in [0.1, 0.15) is 12.2 Å². The van der Waals surface area contributed by atoms with Crippen LogP contribution >= 0.6 is 0 Å². The second kappa shape index (κ2) is 6.95. The fourth-order valence-corrected chi connectivity index (χ4v) is 5.40. The van der Waals surface area contributed by atoms with E-state index in [0.717, 1.165) is 51.4 Å². The van der Waals surface area contributed by atoms with E-state index in [9.17, 15) is 4.79 Å². The maximum Gasteiger partial charge on any atom is 0.303 e. The van der Waals surface area contributed by atoms with Crippen LogP contribution in [-0.2, 0) is 33.2 Å². The maximum absolute atomic E-state index is 11.8. The molecular formula is C20H30O7. The Balaban J connectivity index is 1.31. The Hall–Kier alpha value is -0.730. The molecule has 152 valence electrons. The van der Waals surface area contributed by atoms with E-state index in [-0.39, 0.29) is 12.1 Å². The van der Waals surface area contributed by atoms with E-state index in [1.54, 1.807) is 0 Å². The summed E-state index contributed by atoms with van der Waals surface area (Å²) in [4.78, 5) is 11.8. The molecule has 0 N–H and O–H groups in total. The average Bonchev–Trinajstić information content (AvgIpc) is 3.29. The molecular weight excluding hydrogens is 352 g/mol. The van der Waals surface area contributed by atoms with Crippen LogP contribution in [0.5, 0.6) is 0 Å². The van der Waals surface area contributed by atoms with Gasteiger partial charge in [-0.2, -0.15) is 0 Å². The van der Waals surface area contributed by atoms with Gasteiger partial charge in [0.25, 0.3) is 0 Å². The molecule has 27 heavy (non-hydrogen) atoms. The summed E-state index contributed by atoms with van der Waals surface area (Å²) in [5.74, 6) is -1.40. The SMILES string of the molecule is CC(=O)OC1C(C2COC3(CCCCC3)O2)OC2OC3(CCCCC3)OC21. The summed E-state index contributed by atoms with van der Waals surface area (Å²) in [7, 11) is 0. The highest BCUT2D eigenvalue weighted by Crippen LogP contribution is 2.48. The van der Waals surface area contributed by atoms with Crippen molar-refractivity contribution in [1.29, 1.82) is 0 Å². The van der Waals surface area contributed by atoms with Crippen molar-refractivity contribution < 1.29 is 33.2 Å². The summed E-state index contributed by atoms with van der Waals surface area (Å²) in [5.41, 5.74) is 0. The third kappa shape index (κ3) is 3.31. The molecule has 3 heterocycles. The van der Waals surface area contributed by atoms with E-state index in [2.05, 4.69) is 0 Å². The van der Waals surface area contributed by atoms with Crippen LogP contribution in [0.2, 0.25) is 0 Å². The third-order valence-corrected chi connectivity index (χ3v) is 6.66. The predicted molar refractivity (Wildman–Crippen MR) is 92.6 cm³/mol. The number of ether oxygens (including phenoxy) is 6. The largest absolute Gasteiger partial charge is 0.457 e. The first-order chi connectivity index (χ1) is 13.1. The van der Waals surface area contributed by atoms with Crippen molar-refractivity contribution in [2.45, 2.75) is 113 Å². The van der Waals surface area contributed by atoms with Crippen molar-refractivity contribution in [3.05, 3.63) is 0 Å². The fourth-order valence-electron chi connectivity index (χ4n) is 5.40. The van der Waals surface area contributed by atoms with Gasteiger partial charge in [-0.15, -0.1) is 0 Å². The normalized spacial score (nSPS) is 42.5. The van der Waals surface area contributed by atoms with E-state index in [4.69, 9.17) is 28.4 Å². The van der Waals surface area contributed by atoms with Crippen LogP contribution in [0, 0.1) is 0 Å². The lowest BCUT2D eigenvalue weighted by atomic mass is 9.94. The van der Waals surface area contributed by atoms with Crippen molar-refractivity contribution in [3.63, 3.8) is 0 Å². The Morgan fingerprint density at radius 1 is 0.852 bits per heavy atom. The lowest BCUT2D eigenvalue weighted by molar-refractivity contribution is -0.261. The van der Waals surface area contributed by atoms with Gasteiger partial charge in [-0.05, 0) is 25.7 Å². The molecule has 2 saturated carbocycles. The highest BCUT2D eigenvalue weighted by atomic mass is 16.9. The van der Waals surface area contributed by atoms with Gasteiger partial charge in [-0.1, -0.05) is 12.8 Å². The molecule has 5 rings (SSSR count). The molecule has 0 aromatic carbocycles. The van der Waals surface area contributed by atoms with Crippen molar-refractivity contribution in [1.82, 2.24) is 0 Å². The van der Waals surface area contributed by atoms with Gasteiger partial charge in [-0.25, -0.2) is 0 Å². The topological polar surface area (TPSA) is 72.5 Å². The first-order valence-electron chi connectivity index (χ1n) is 10.6. The average molecular weight is 382 g/mol. The van der Waals surface area contributed by atoms with Crippen LogP contribution in [0.4, 0.5) is 0 Å². The fraction of sp³-hybridized carbons (Fsp3) is 0.950. The maximum atomic E-state index is 11.8. The molecule has 0 bridgehead atoms. The summed E-state index contributed by atoms with van der Waals surface area (Å²) >= 11 is 0. The van der Waals surface area contributed by atoms with E-state index in [1.807, 2.05) is 0 Å². The van der Waals surface area contributed by atoms with Crippen LogP contribution in [-0.4, -0.2) is 54.9 Å². The van der Waals surface area contributed by atoms with Gasteiger partial charge in [-0.3, -0.25) is 4.79 Å². The minimum atomic E-state index is -0.575. The Bertz CT molecular complexity index is 567. The molecule has 5 fully saturated rings. The second-order valence-electron chi connectivity index (χ2n) is 8.65. The predicted octanol–water partition coefficient (Wildman–Crippen LogP) is 2.79. The van der Waals surface area contributed by atoms with Crippen LogP contribution in [0.1, 0.15) is 71.1 Å². The monoisotopic (exact) mass is 382 g/mol. The minimum Gasteiger partial charge on any atom is -0.457 e. The van der Waals surface area contributed by atoms with Crippen LogP contribution in [0.3, 0.4) is 0 Å². The van der Waals surface area contributed by atoms with Gasteiger partial charge < -0.3 is 28.4 Å². The van der Waals surface area contributed by atoms with Crippen LogP contribution < -0.4 is 0 Å². The second-order valence-corrected chi connectivity index (χ2v) is 8.65. The summed E-state index contributed by atoms with van der Waals surface area (Å²) in [6, 6.07) is 0. The minimum absolute atomic E-state index is 0.271. The smallest absolute Gasteiger partial charge is 0.303 e. The summed E-state index contributed by atoms with van der Waals surface area (Å²) in [6.45, 7) is 1.87. The summed E-state index contributed by atoms with van der Waals surface area (Å²) in [6.07, 6.45) is 8.27. The van der Waals surface area contributed by atoms with Gasteiger partial charge in [0, 0.05) is 32.6 Å². The van der Waals surface area contributed by atoms with Gasteiger partial charge >= 0.3 is 5.97 Å². The third-order valence-electron chi connectivity index (χ3n) is 6.66. The van der Waals surface area contributed by atoms with Gasteiger partial charge in [0.2, 0.25) is 0 Å². The molecule has 7 heteroatoms. The Morgan fingerprint density at radius 2 is 1.52 bits per heavy atom. The van der Waals surface area contributed by atoms with Crippen molar-refractivity contribution >= 4 is 5.97 Å². The first-order valence-corrected chi connectivity index (χ1v) is 10.6. The number of carbonyl (C=O) groups is 1. The summed E-state index contributed by atoms with van der Waals surface area (Å²) in [5, 5.41) is 0. The number of fused-ring (bicyclic) bond motifs is 1. The molecule has 2 aliphatic carbocycles. The molecule has 5 aliphatic rings. The number of carbonyl (C=O) groups excluding carboxylic acids is 1. The lowest BCUT2D eigenvalue weighted by Gasteiger charge is -2.35.